The first-order valence-corrected chi connectivity index (χ1v) is 11.5. The van der Waals surface area contributed by atoms with Gasteiger partial charge in [0.2, 0.25) is 5.89 Å². The lowest BCUT2D eigenvalue weighted by Gasteiger charge is -2.41. The van der Waals surface area contributed by atoms with Crippen molar-refractivity contribution in [3.05, 3.63) is 47.6 Å². The quantitative estimate of drug-likeness (QED) is 0.705. The molecule has 0 saturated carbocycles. The number of carbonyl (C=O) groups is 1. The van der Waals surface area contributed by atoms with Crippen molar-refractivity contribution in [2.45, 2.75) is 83.5 Å². The summed E-state index contributed by atoms with van der Waals surface area (Å²) in [6.45, 7) is 8.19. The van der Waals surface area contributed by atoms with Crippen LogP contribution in [0.15, 0.2) is 34.9 Å². The van der Waals surface area contributed by atoms with Gasteiger partial charge in [0.25, 0.3) is 0 Å². The molecule has 0 unspecified atom stereocenters. The maximum Gasteiger partial charge on any atom is 0.410 e. The van der Waals surface area contributed by atoms with Gasteiger partial charge in [-0.1, -0.05) is 41.9 Å². The van der Waals surface area contributed by atoms with E-state index >= 15 is 0 Å². The number of rotatable bonds is 5. The number of ether oxygens (including phenoxy) is 1. The Bertz CT molecular complexity index is 861. The predicted molar refractivity (Wildman–Crippen MR) is 118 cm³/mol. The van der Waals surface area contributed by atoms with Crippen LogP contribution in [0.25, 0.3) is 0 Å². The van der Waals surface area contributed by atoms with Gasteiger partial charge in [-0.05, 0) is 58.6 Å². The van der Waals surface area contributed by atoms with Crippen molar-refractivity contribution in [2.24, 2.45) is 0 Å². The maximum atomic E-state index is 12.8. The van der Waals surface area contributed by atoms with E-state index in [1.165, 1.54) is 6.42 Å². The molecule has 0 N–H and O–H groups in total. The molecule has 7 heteroatoms. The van der Waals surface area contributed by atoms with E-state index in [9.17, 15) is 4.79 Å². The normalized spacial score (nSPS) is 22.6. The van der Waals surface area contributed by atoms with E-state index in [4.69, 9.17) is 9.26 Å². The van der Waals surface area contributed by atoms with Gasteiger partial charge < -0.3 is 14.2 Å². The summed E-state index contributed by atoms with van der Waals surface area (Å²) in [6, 6.07) is 10.7. The Morgan fingerprint density at radius 1 is 1.10 bits per heavy atom. The van der Waals surface area contributed by atoms with Crippen LogP contribution in [-0.2, 0) is 17.7 Å². The second-order valence-corrected chi connectivity index (χ2v) is 9.68. The molecule has 2 atom stereocenters. The Labute approximate surface area is 184 Å². The van der Waals surface area contributed by atoms with Gasteiger partial charge in [-0.2, -0.15) is 4.98 Å². The molecule has 3 heterocycles. The summed E-state index contributed by atoms with van der Waals surface area (Å²) >= 11 is 0. The number of benzene rings is 1. The summed E-state index contributed by atoms with van der Waals surface area (Å²) in [5, 5.41) is 4.24. The van der Waals surface area contributed by atoms with E-state index in [2.05, 4.69) is 27.2 Å². The van der Waals surface area contributed by atoms with Gasteiger partial charge >= 0.3 is 6.09 Å². The zero-order chi connectivity index (χ0) is 21.8. The third-order valence-electron chi connectivity index (χ3n) is 6.09. The topological polar surface area (TPSA) is 71.7 Å². The van der Waals surface area contributed by atoms with Crippen molar-refractivity contribution in [1.82, 2.24) is 19.9 Å². The second kappa shape index (κ2) is 9.39. The molecule has 2 aromatic rings. The highest BCUT2D eigenvalue weighted by molar-refractivity contribution is 5.69. The maximum absolute atomic E-state index is 12.8. The molecule has 0 radical (unpaired) electrons. The largest absolute Gasteiger partial charge is 0.444 e. The smallest absolute Gasteiger partial charge is 0.410 e. The molecule has 2 aliphatic rings. The van der Waals surface area contributed by atoms with E-state index in [1.54, 1.807) is 0 Å². The van der Waals surface area contributed by atoms with Gasteiger partial charge in [0.05, 0.1) is 19.0 Å². The Morgan fingerprint density at radius 2 is 1.87 bits per heavy atom. The number of hydrogen-bond acceptors (Lipinski definition) is 6. The molecule has 0 bridgehead atoms. The number of likely N-dealkylation sites (tertiary alicyclic amines) is 2. The molecule has 31 heavy (non-hydrogen) atoms. The summed E-state index contributed by atoms with van der Waals surface area (Å²) in [4.78, 5) is 21.8. The van der Waals surface area contributed by atoms with Crippen LogP contribution < -0.4 is 0 Å². The van der Waals surface area contributed by atoms with Gasteiger partial charge in [-0.25, -0.2) is 4.79 Å². The minimum Gasteiger partial charge on any atom is -0.444 e. The third-order valence-corrected chi connectivity index (χ3v) is 6.09. The highest BCUT2D eigenvalue weighted by atomic mass is 16.6. The fourth-order valence-corrected chi connectivity index (χ4v) is 4.77. The molecule has 0 aliphatic carbocycles. The van der Waals surface area contributed by atoms with Crippen LogP contribution in [0, 0.1) is 0 Å². The highest BCUT2D eigenvalue weighted by Gasteiger charge is 2.40. The van der Waals surface area contributed by atoms with E-state index < -0.39 is 5.60 Å². The monoisotopic (exact) mass is 426 g/mol. The number of amides is 1. The molecular formula is C24H34N4O3. The van der Waals surface area contributed by atoms with Crippen molar-refractivity contribution in [1.29, 1.82) is 0 Å². The molecular weight excluding hydrogens is 392 g/mol. The zero-order valence-corrected chi connectivity index (χ0v) is 18.9. The first kappa shape index (κ1) is 21.8. The number of piperidine rings is 1. The number of carbonyl (C=O) groups excluding carboxylic acids is 1. The second-order valence-electron chi connectivity index (χ2n) is 9.68. The van der Waals surface area contributed by atoms with Crippen LogP contribution in [-0.4, -0.2) is 56.8 Å². The van der Waals surface area contributed by atoms with Crippen LogP contribution in [0.1, 0.15) is 70.2 Å². The van der Waals surface area contributed by atoms with Crippen LogP contribution in [0.3, 0.4) is 0 Å². The predicted octanol–water partition coefficient (Wildman–Crippen LogP) is 4.41. The summed E-state index contributed by atoms with van der Waals surface area (Å²) in [5.41, 5.74) is 0.684. The van der Waals surface area contributed by atoms with E-state index in [0.29, 0.717) is 24.9 Å². The molecule has 1 aromatic heterocycles. The molecule has 4 rings (SSSR count). The van der Waals surface area contributed by atoms with Crippen LogP contribution in [0.5, 0.6) is 0 Å². The summed E-state index contributed by atoms with van der Waals surface area (Å²) in [7, 11) is 0. The Hall–Kier alpha value is -2.41. The molecule has 1 amide bonds. The van der Waals surface area contributed by atoms with Gasteiger partial charge in [-0.3, -0.25) is 4.90 Å². The Kier molecular flexibility index (Phi) is 6.60. The van der Waals surface area contributed by atoms with Crippen LogP contribution in [0.2, 0.25) is 0 Å². The standard InChI is InChI=1S/C24H34N4O3/c1-24(2,3)30-23(29)28-15-9-13-20(28)19-12-7-8-14-27(19)17-21-25-22(31-26-21)16-18-10-5-4-6-11-18/h4-6,10-11,19-20H,7-9,12-17H2,1-3H3/t19-,20+/m0/s1. The minimum atomic E-state index is -0.476. The van der Waals surface area contributed by atoms with Gasteiger partial charge in [0, 0.05) is 12.6 Å². The SMILES string of the molecule is CC(C)(C)OC(=O)N1CCC[C@@H]1[C@@H]1CCCCN1Cc1noc(Cc2ccccc2)n1. The average Bonchev–Trinajstić information content (AvgIpc) is 3.38. The molecule has 1 aromatic carbocycles. The third kappa shape index (κ3) is 5.64. The van der Waals surface area contributed by atoms with Crippen molar-refractivity contribution >= 4 is 6.09 Å². The summed E-state index contributed by atoms with van der Waals surface area (Å²) < 4.78 is 11.2. The van der Waals surface area contributed by atoms with Crippen LogP contribution in [0.4, 0.5) is 4.79 Å². The molecule has 7 nitrogen and oxygen atoms in total. The molecule has 2 fully saturated rings. The summed E-state index contributed by atoms with van der Waals surface area (Å²) in [6.07, 6.45) is 5.93. The average molecular weight is 427 g/mol. The van der Waals surface area contributed by atoms with Crippen molar-refractivity contribution < 1.29 is 14.1 Å². The van der Waals surface area contributed by atoms with Crippen molar-refractivity contribution in [3.8, 4) is 0 Å². The first-order chi connectivity index (χ1) is 14.9. The fourth-order valence-electron chi connectivity index (χ4n) is 4.77. The van der Waals surface area contributed by atoms with Gasteiger partial charge in [-0.15, -0.1) is 0 Å². The fraction of sp³-hybridized carbons (Fsp3) is 0.625. The van der Waals surface area contributed by atoms with Crippen molar-refractivity contribution in [2.75, 3.05) is 13.1 Å². The Balaban J connectivity index is 1.42. The van der Waals surface area contributed by atoms with Crippen LogP contribution >= 0.6 is 0 Å². The number of hydrogen-bond donors (Lipinski definition) is 0. The molecule has 168 valence electrons. The Morgan fingerprint density at radius 3 is 2.65 bits per heavy atom. The number of aromatic nitrogens is 2. The van der Waals surface area contributed by atoms with E-state index in [0.717, 1.165) is 50.2 Å². The lowest BCUT2D eigenvalue weighted by atomic mass is 9.94. The van der Waals surface area contributed by atoms with E-state index in [1.807, 2.05) is 43.9 Å². The highest BCUT2D eigenvalue weighted by Crippen LogP contribution is 2.31. The molecule has 2 aliphatic heterocycles. The van der Waals surface area contributed by atoms with Gasteiger partial charge in [0.15, 0.2) is 5.82 Å². The van der Waals surface area contributed by atoms with Gasteiger partial charge in [0.1, 0.15) is 5.60 Å². The minimum absolute atomic E-state index is 0.186. The number of nitrogens with zero attached hydrogens (tertiary/aromatic N) is 4. The molecule has 2 saturated heterocycles. The van der Waals surface area contributed by atoms with E-state index in [-0.39, 0.29) is 12.1 Å². The zero-order valence-electron chi connectivity index (χ0n) is 18.9. The first-order valence-electron chi connectivity index (χ1n) is 11.5. The lowest BCUT2D eigenvalue weighted by Crippen LogP contribution is -2.53. The molecule has 0 spiro atoms. The van der Waals surface area contributed by atoms with Crippen molar-refractivity contribution in [3.63, 3.8) is 0 Å². The lowest BCUT2D eigenvalue weighted by molar-refractivity contribution is 0.00600. The summed E-state index contributed by atoms with van der Waals surface area (Å²) in [5.74, 6) is 1.37.